The van der Waals surface area contributed by atoms with Crippen LogP contribution < -0.4 is 5.16 Å². The number of thiazole rings is 1. The number of hydrogen-bond acceptors (Lipinski definition) is 3. The minimum Gasteiger partial charge on any atom is -0.625 e. The third kappa shape index (κ3) is 1.65. The van der Waals surface area contributed by atoms with Gasteiger partial charge in [-0.15, -0.1) is 11.3 Å². The van der Waals surface area contributed by atoms with Crippen LogP contribution in [0.3, 0.4) is 0 Å². The summed E-state index contributed by atoms with van der Waals surface area (Å²) in [6, 6.07) is 9.44. The van der Waals surface area contributed by atoms with E-state index in [1.807, 2.05) is 40.9 Å². The van der Waals surface area contributed by atoms with E-state index in [4.69, 9.17) is 0 Å². The molecular formula is C10H8N2OS. The van der Waals surface area contributed by atoms with Crippen LogP contribution >= 0.6 is 11.3 Å². The zero-order valence-electron chi connectivity index (χ0n) is 7.31. The summed E-state index contributed by atoms with van der Waals surface area (Å²) in [6.45, 7) is 0. The average Bonchev–Trinajstić information content (AvgIpc) is 2.74. The number of nitrogens with zero attached hydrogens (tertiary/aromatic N) is 1. The van der Waals surface area contributed by atoms with Crippen molar-refractivity contribution in [3.05, 3.63) is 57.7 Å². The van der Waals surface area contributed by atoms with Gasteiger partial charge in [0, 0.05) is 11.6 Å². The molecule has 0 aliphatic rings. The summed E-state index contributed by atoms with van der Waals surface area (Å²) in [5.74, 6) is 0. The number of hydrogen-bond donors (Lipinski definition) is 1. The van der Waals surface area contributed by atoms with Crippen LogP contribution in [0.2, 0.25) is 0 Å². The molecule has 1 heterocycles. The molecule has 1 aromatic heterocycles. The Morgan fingerprint density at radius 1 is 1.29 bits per heavy atom. The van der Waals surface area contributed by atoms with Gasteiger partial charge in [0.15, 0.2) is 5.01 Å². The molecule has 2 rings (SSSR count). The predicted octanol–water partition coefficient (Wildman–Crippen LogP) is 0.559. The normalized spacial score (nSPS) is 11.6. The van der Waals surface area contributed by atoms with Crippen LogP contribution in [-0.4, -0.2) is 10.7 Å². The fraction of sp³-hybridized carbons (Fsp3) is 0. The van der Waals surface area contributed by atoms with Crippen LogP contribution in [0.25, 0.3) is 0 Å². The Kier molecular flexibility index (Phi) is 2.55. The fourth-order valence-electron chi connectivity index (χ4n) is 1.18. The maximum atomic E-state index is 10.8. The molecule has 0 bridgehead atoms. The van der Waals surface area contributed by atoms with Gasteiger partial charge >= 0.3 is 0 Å². The van der Waals surface area contributed by atoms with Crippen LogP contribution in [0.5, 0.6) is 0 Å². The van der Waals surface area contributed by atoms with Crippen molar-refractivity contribution in [2.75, 3.05) is 0 Å². The summed E-state index contributed by atoms with van der Waals surface area (Å²) in [5, 5.41) is 15.3. The molecule has 2 aromatic rings. The van der Waals surface area contributed by atoms with Gasteiger partial charge in [-0.2, -0.15) is 0 Å². The topological polar surface area (TPSA) is 49.9 Å². The standard InChI is InChI=1S/C10H8N2OS/c13-12-9(10-11-6-7-14-10)8-4-2-1-3-5-8/h1-7,12H. The summed E-state index contributed by atoms with van der Waals surface area (Å²) in [4.78, 5) is 4.08. The van der Waals surface area contributed by atoms with E-state index in [9.17, 15) is 5.21 Å². The molecule has 3 nitrogen and oxygen atoms in total. The Labute approximate surface area is 85.4 Å². The molecule has 1 aromatic carbocycles. The first-order valence-corrected chi connectivity index (χ1v) is 5.00. The molecule has 0 aliphatic carbocycles. The van der Waals surface area contributed by atoms with Gasteiger partial charge in [0.2, 0.25) is 0 Å². The molecule has 0 fully saturated rings. The second-order valence-corrected chi connectivity index (χ2v) is 3.57. The second kappa shape index (κ2) is 4.02. The Morgan fingerprint density at radius 3 is 2.64 bits per heavy atom. The van der Waals surface area contributed by atoms with Gasteiger partial charge in [0.1, 0.15) is 0 Å². The van der Waals surface area contributed by atoms with E-state index in [2.05, 4.69) is 4.98 Å². The molecule has 0 saturated heterocycles. The van der Waals surface area contributed by atoms with E-state index in [-0.39, 0.29) is 0 Å². The Bertz CT molecular complexity index is 423. The number of rotatable bonds is 2. The lowest BCUT2D eigenvalue weighted by Crippen LogP contribution is -2.66. The lowest BCUT2D eigenvalue weighted by molar-refractivity contribution is -0.371. The van der Waals surface area contributed by atoms with Gasteiger partial charge < -0.3 is 5.21 Å². The second-order valence-electron chi connectivity index (χ2n) is 2.68. The van der Waals surface area contributed by atoms with E-state index >= 15 is 0 Å². The summed E-state index contributed by atoms with van der Waals surface area (Å²) < 4.78 is 0. The highest BCUT2D eigenvalue weighted by Crippen LogP contribution is 2.09. The molecule has 0 radical (unpaired) electrons. The van der Waals surface area contributed by atoms with Crippen LogP contribution in [0.4, 0.5) is 0 Å². The van der Waals surface area contributed by atoms with Crippen LogP contribution in [0, 0.1) is 5.21 Å². The summed E-state index contributed by atoms with van der Waals surface area (Å²) in [7, 11) is 0. The molecule has 0 unspecified atom stereocenters. The van der Waals surface area contributed by atoms with Crippen LogP contribution in [-0.2, 0) is 0 Å². The molecule has 0 spiro atoms. The Morgan fingerprint density at radius 2 is 2.07 bits per heavy atom. The number of aromatic nitrogens is 1. The lowest BCUT2D eigenvalue weighted by atomic mass is 10.1. The van der Waals surface area contributed by atoms with Gasteiger partial charge in [0.25, 0.3) is 5.71 Å². The van der Waals surface area contributed by atoms with Gasteiger partial charge in [-0.05, 0) is 12.1 Å². The highest BCUT2D eigenvalue weighted by molar-refractivity contribution is 7.11. The first-order valence-electron chi connectivity index (χ1n) is 4.12. The van der Waals surface area contributed by atoms with Crippen molar-refractivity contribution in [3.63, 3.8) is 0 Å². The van der Waals surface area contributed by atoms with Crippen molar-refractivity contribution < 1.29 is 5.16 Å². The van der Waals surface area contributed by atoms with Crippen molar-refractivity contribution in [1.82, 2.24) is 4.98 Å². The third-order valence-corrected chi connectivity index (χ3v) is 2.60. The average molecular weight is 204 g/mol. The van der Waals surface area contributed by atoms with Crippen molar-refractivity contribution in [3.8, 4) is 0 Å². The van der Waals surface area contributed by atoms with Gasteiger partial charge in [-0.25, -0.2) is 10.1 Å². The van der Waals surface area contributed by atoms with E-state index in [0.29, 0.717) is 10.7 Å². The minimum absolute atomic E-state index is 0.528. The maximum absolute atomic E-state index is 10.8. The molecular weight excluding hydrogens is 196 g/mol. The maximum Gasteiger partial charge on any atom is 0.252 e. The Hall–Kier alpha value is -1.68. The predicted molar refractivity (Wildman–Crippen MR) is 56.1 cm³/mol. The van der Waals surface area contributed by atoms with Gasteiger partial charge in [-0.1, -0.05) is 18.2 Å². The molecule has 1 N–H and O–H groups in total. The molecule has 0 amide bonds. The zero-order chi connectivity index (χ0) is 9.80. The van der Waals surface area contributed by atoms with Crippen LogP contribution in [0.1, 0.15) is 10.6 Å². The molecule has 14 heavy (non-hydrogen) atoms. The molecule has 4 heteroatoms. The SMILES string of the molecule is [O-][NH+]=C(c1ccccc1)c1nccs1. The van der Waals surface area contributed by atoms with Crippen molar-refractivity contribution >= 4 is 17.0 Å². The largest absolute Gasteiger partial charge is 0.625 e. The number of nitrogens with one attached hydrogen (secondary N) is 1. The first-order chi connectivity index (χ1) is 6.92. The highest BCUT2D eigenvalue weighted by Gasteiger charge is 2.13. The van der Waals surface area contributed by atoms with Crippen molar-refractivity contribution in [2.24, 2.45) is 0 Å². The van der Waals surface area contributed by atoms with Gasteiger partial charge in [0.05, 0.1) is 5.56 Å². The zero-order valence-corrected chi connectivity index (χ0v) is 8.12. The molecule has 0 aliphatic heterocycles. The van der Waals surface area contributed by atoms with Crippen LogP contribution in [0.15, 0.2) is 41.9 Å². The first kappa shape index (κ1) is 8.90. The molecule has 0 saturated carbocycles. The number of benzene rings is 1. The lowest BCUT2D eigenvalue weighted by Gasteiger charge is -1.97. The van der Waals surface area contributed by atoms with Crippen molar-refractivity contribution in [2.45, 2.75) is 0 Å². The molecule has 70 valence electrons. The Balaban J connectivity index is 2.43. The fourth-order valence-corrected chi connectivity index (χ4v) is 1.83. The van der Waals surface area contributed by atoms with E-state index < -0.39 is 0 Å². The summed E-state index contributed by atoms with van der Waals surface area (Å²) >= 11 is 1.44. The molecule has 0 atom stereocenters. The summed E-state index contributed by atoms with van der Waals surface area (Å²) in [6.07, 6.45) is 1.68. The third-order valence-electron chi connectivity index (χ3n) is 1.81. The monoisotopic (exact) mass is 204 g/mol. The van der Waals surface area contributed by atoms with Gasteiger partial charge in [-0.3, -0.25) is 0 Å². The highest BCUT2D eigenvalue weighted by atomic mass is 32.1. The smallest absolute Gasteiger partial charge is 0.252 e. The quantitative estimate of drug-likeness (QED) is 0.441. The van der Waals surface area contributed by atoms with Crippen molar-refractivity contribution in [1.29, 1.82) is 0 Å². The minimum atomic E-state index is 0.528. The van der Waals surface area contributed by atoms with E-state index in [1.54, 1.807) is 6.20 Å². The summed E-state index contributed by atoms with van der Waals surface area (Å²) in [5.41, 5.74) is 1.39. The van der Waals surface area contributed by atoms with E-state index in [1.165, 1.54) is 11.3 Å². The van der Waals surface area contributed by atoms with E-state index in [0.717, 1.165) is 5.56 Å².